The smallest absolute Gasteiger partial charge is 0.306 e. The molecule has 3 nitrogen and oxygen atoms in total. The van der Waals surface area contributed by atoms with Crippen molar-refractivity contribution in [3.8, 4) is 5.75 Å². The van der Waals surface area contributed by atoms with Crippen LogP contribution in [0.25, 0.3) is 0 Å². The molecule has 0 amide bonds. The van der Waals surface area contributed by atoms with Gasteiger partial charge in [-0.1, -0.05) is 36.4 Å². The predicted octanol–water partition coefficient (Wildman–Crippen LogP) is 3.78. The summed E-state index contributed by atoms with van der Waals surface area (Å²) in [7, 11) is 1.67. The number of hydrogen-bond donors (Lipinski definition) is 0. The Morgan fingerprint density at radius 1 is 1.00 bits per heavy atom. The van der Waals surface area contributed by atoms with Crippen LogP contribution in [0.1, 0.15) is 30.0 Å². The molecule has 0 aliphatic heterocycles. The van der Waals surface area contributed by atoms with Gasteiger partial charge in [0, 0.05) is 6.42 Å². The maximum atomic E-state index is 11.5. The van der Waals surface area contributed by atoms with Crippen LogP contribution in [0, 0.1) is 0 Å². The molecule has 0 aromatic heterocycles. The summed E-state index contributed by atoms with van der Waals surface area (Å²) in [5.74, 6) is 0.723. The highest BCUT2D eigenvalue weighted by atomic mass is 16.5. The zero-order valence-electron chi connectivity index (χ0n) is 13.2. The zero-order valence-corrected chi connectivity index (χ0v) is 13.2. The standard InChI is InChI=1S/C19H22O3/c1-3-22-19(20)13-10-16-6-4-5-7-17(16)14-15-8-11-18(21-2)12-9-15/h4-9,11-12H,3,10,13-14H2,1-2H3. The summed E-state index contributed by atoms with van der Waals surface area (Å²) in [5.41, 5.74) is 3.67. The first-order valence-electron chi connectivity index (χ1n) is 7.58. The van der Waals surface area contributed by atoms with E-state index in [9.17, 15) is 4.79 Å². The van der Waals surface area contributed by atoms with Gasteiger partial charge in [-0.3, -0.25) is 4.79 Å². The molecule has 0 saturated carbocycles. The van der Waals surface area contributed by atoms with Gasteiger partial charge < -0.3 is 9.47 Å². The van der Waals surface area contributed by atoms with Crippen molar-refractivity contribution in [1.82, 2.24) is 0 Å². The van der Waals surface area contributed by atoms with E-state index >= 15 is 0 Å². The van der Waals surface area contributed by atoms with Crippen LogP contribution in [0.2, 0.25) is 0 Å². The highest BCUT2D eigenvalue weighted by Crippen LogP contribution is 2.18. The van der Waals surface area contributed by atoms with E-state index < -0.39 is 0 Å². The third kappa shape index (κ3) is 4.62. The van der Waals surface area contributed by atoms with Crippen LogP contribution in [0.3, 0.4) is 0 Å². The van der Waals surface area contributed by atoms with Gasteiger partial charge in [-0.05, 0) is 48.6 Å². The summed E-state index contributed by atoms with van der Waals surface area (Å²) in [6, 6.07) is 16.3. The summed E-state index contributed by atoms with van der Waals surface area (Å²) in [4.78, 5) is 11.5. The van der Waals surface area contributed by atoms with Crippen LogP contribution in [0.5, 0.6) is 5.75 Å². The molecule has 22 heavy (non-hydrogen) atoms. The number of carbonyl (C=O) groups excluding carboxylic acids is 1. The Hall–Kier alpha value is -2.29. The van der Waals surface area contributed by atoms with Gasteiger partial charge in [0.05, 0.1) is 13.7 Å². The van der Waals surface area contributed by atoms with Gasteiger partial charge >= 0.3 is 5.97 Å². The third-order valence-electron chi connectivity index (χ3n) is 3.58. The van der Waals surface area contributed by atoms with Gasteiger partial charge in [0.1, 0.15) is 5.75 Å². The van der Waals surface area contributed by atoms with Crippen molar-refractivity contribution in [3.63, 3.8) is 0 Å². The minimum atomic E-state index is -0.137. The Morgan fingerprint density at radius 3 is 2.32 bits per heavy atom. The monoisotopic (exact) mass is 298 g/mol. The fourth-order valence-electron chi connectivity index (χ4n) is 2.41. The van der Waals surface area contributed by atoms with E-state index in [1.165, 1.54) is 16.7 Å². The molecule has 0 radical (unpaired) electrons. The Kier molecular flexibility index (Phi) is 6.01. The molecular weight excluding hydrogens is 276 g/mol. The van der Waals surface area contributed by atoms with Crippen molar-refractivity contribution in [2.24, 2.45) is 0 Å². The van der Waals surface area contributed by atoms with Crippen molar-refractivity contribution in [2.45, 2.75) is 26.2 Å². The van der Waals surface area contributed by atoms with E-state index in [-0.39, 0.29) is 5.97 Å². The van der Waals surface area contributed by atoms with Gasteiger partial charge in [-0.15, -0.1) is 0 Å². The number of benzene rings is 2. The molecule has 0 unspecified atom stereocenters. The number of ether oxygens (including phenoxy) is 2. The van der Waals surface area contributed by atoms with Crippen LogP contribution in [-0.2, 0) is 22.4 Å². The van der Waals surface area contributed by atoms with E-state index in [4.69, 9.17) is 9.47 Å². The first kappa shape index (κ1) is 16.1. The second kappa shape index (κ2) is 8.23. The molecule has 0 N–H and O–H groups in total. The topological polar surface area (TPSA) is 35.5 Å². The quantitative estimate of drug-likeness (QED) is 0.730. The number of esters is 1. The van der Waals surface area contributed by atoms with Gasteiger partial charge in [0.15, 0.2) is 0 Å². The van der Waals surface area contributed by atoms with E-state index in [1.807, 2.05) is 31.2 Å². The van der Waals surface area contributed by atoms with E-state index in [0.717, 1.165) is 12.2 Å². The number of carbonyl (C=O) groups is 1. The Bertz CT molecular complexity index is 602. The van der Waals surface area contributed by atoms with Crippen LogP contribution in [0.4, 0.5) is 0 Å². The number of aryl methyl sites for hydroxylation is 1. The van der Waals surface area contributed by atoms with Crippen LogP contribution in [-0.4, -0.2) is 19.7 Å². The number of rotatable bonds is 7. The van der Waals surface area contributed by atoms with Crippen molar-refractivity contribution in [2.75, 3.05) is 13.7 Å². The molecule has 0 fully saturated rings. The first-order chi connectivity index (χ1) is 10.7. The lowest BCUT2D eigenvalue weighted by molar-refractivity contribution is -0.143. The fourth-order valence-corrected chi connectivity index (χ4v) is 2.41. The molecule has 2 aromatic carbocycles. The molecule has 0 spiro atoms. The van der Waals surface area contributed by atoms with Crippen molar-refractivity contribution < 1.29 is 14.3 Å². The van der Waals surface area contributed by atoms with Gasteiger partial charge in [-0.25, -0.2) is 0 Å². The Labute approximate surface area is 131 Å². The predicted molar refractivity (Wildman–Crippen MR) is 87.2 cm³/mol. The Morgan fingerprint density at radius 2 is 1.68 bits per heavy atom. The summed E-state index contributed by atoms with van der Waals surface area (Å²) >= 11 is 0. The zero-order chi connectivity index (χ0) is 15.8. The number of methoxy groups -OCH3 is 1. The highest BCUT2D eigenvalue weighted by Gasteiger charge is 2.07. The summed E-state index contributed by atoms with van der Waals surface area (Å²) < 4.78 is 10.2. The molecule has 0 aliphatic carbocycles. The largest absolute Gasteiger partial charge is 0.497 e. The molecule has 116 valence electrons. The molecule has 0 aliphatic rings. The molecule has 0 heterocycles. The normalized spacial score (nSPS) is 10.3. The lowest BCUT2D eigenvalue weighted by Gasteiger charge is -2.10. The van der Waals surface area contributed by atoms with Crippen LogP contribution in [0.15, 0.2) is 48.5 Å². The average molecular weight is 298 g/mol. The first-order valence-corrected chi connectivity index (χ1v) is 7.58. The van der Waals surface area contributed by atoms with Gasteiger partial charge in [0.2, 0.25) is 0 Å². The molecule has 2 aromatic rings. The molecule has 3 heteroatoms. The summed E-state index contributed by atoms with van der Waals surface area (Å²) in [6.45, 7) is 2.27. The average Bonchev–Trinajstić information content (AvgIpc) is 2.55. The van der Waals surface area contributed by atoms with Crippen molar-refractivity contribution in [3.05, 3.63) is 65.2 Å². The number of hydrogen-bond acceptors (Lipinski definition) is 3. The third-order valence-corrected chi connectivity index (χ3v) is 3.58. The summed E-state index contributed by atoms with van der Waals surface area (Å²) in [6.07, 6.45) is 1.99. The molecule has 0 atom stereocenters. The maximum absolute atomic E-state index is 11.5. The molecule has 0 bridgehead atoms. The fraction of sp³-hybridized carbons (Fsp3) is 0.316. The molecular formula is C19H22O3. The lowest BCUT2D eigenvalue weighted by Crippen LogP contribution is -2.06. The lowest BCUT2D eigenvalue weighted by atomic mass is 9.97. The molecule has 0 saturated heterocycles. The van der Waals surface area contributed by atoms with Crippen molar-refractivity contribution >= 4 is 5.97 Å². The second-order valence-electron chi connectivity index (χ2n) is 5.10. The molecule has 2 rings (SSSR count). The van der Waals surface area contributed by atoms with Crippen molar-refractivity contribution in [1.29, 1.82) is 0 Å². The van der Waals surface area contributed by atoms with Gasteiger partial charge in [0.25, 0.3) is 0 Å². The Balaban J connectivity index is 2.05. The van der Waals surface area contributed by atoms with Crippen LogP contribution < -0.4 is 4.74 Å². The SMILES string of the molecule is CCOC(=O)CCc1ccccc1Cc1ccc(OC)cc1. The summed E-state index contributed by atoms with van der Waals surface area (Å²) in [5, 5.41) is 0. The van der Waals surface area contributed by atoms with E-state index in [1.54, 1.807) is 7.11 Å². The second-order valence-corrected chi connectivity index (χ2v) is 5.10. The van der Waals surface area contributed by atoms with Gasteiger partial charge in [-0.2, -0.15) is 0 Å². The highest BCUT2D eigenvalue weighted by molar-refractivity contribution is 5.69. The minimum absolute atomic E-state index is 0.137. The minimum Gasteiger partial charge on any atom is -0.497 e. The van der Waals surface area contributed by atoms with Crippen LogP contribution >= 0.6 is 0 Å². The van der Waals surface area contributed by atoms with E-state index in [2.05, 4.69) is 24.3 Å². The van der Waals surface area contributed by atoms with E-state index in [0.29, 0.717) is 19.4 Å². The maximum Gasteiger partial charge on any atom is 0.306 e.